The Morgan fingerprint density at radius 3 is 2.42 bits per heavy atom. The Balaban J connectivity index is 2.04. The molecule has 5 heteroatoms. The summed E-state index contributed by atoms with van der Waals surface area (Å²) in [5.74, 6) is -0.580. The first-order valence-corrected chi connectivity index (χ1v) is 6.97. The Morgan fingerprint density at radius 2 is 1.89 bits per heavy atom. The number of hydrogen-bond acceptors (Lipinski definition) is 3. The topological polar surface area (TPSA) is 72.4 Å². The lowest BCUT2D eigenvalue weighted by atomic mass is 9.96. The minimum absolute atomic E-state index is 0.286. The monoisotopic (exact) mass is 281 g/mol. The van der Waals surface area contributed by atoms with Crippen molar-refractivity contribution >= 4 is 17.5 Å². The van der Waals surface area contributed by atoms with Gasteiger partial charge >= 0.3 is 0 Å². The van der Waals surface area contributed by atoms with Gasteiger partial charge in [-0.25, -0.2) is 0 Å². The summed E-state index contributed by atoms with van der Waals surface area (Å²) in [6, 6.07) is 7.61. The summed E-state index contributed by atoms with van der Waals surface area (Å²) in [5, 5.41) is 0.663. The third-order valence-electron chi connectivity index (χ3n) is 3.69. The smallest absolute Gasteiger partial charge is 0.226 e. The van der Waals surface area contributed by atoms with E-state index in [0.29, 0.717) is 17.6 Å². The van der Waals surface area contributed by atoms with Crippen molar-refractivity contribution in [3.63, 3.8) is 0 Å². The molecule has 0 saturated carbocycles. The van der Waals surface area contributed by atoms with E-state index in [2.05, 4.69) is 4.90 Å². The van der Waals surface area contributed by atoms with E-state index in [1.165, 1.54) is 0 Å². The van der Waals surface area contributed by atoms with E-state index in [4.69, 9.17) is 23.1 Å². The lowest BCUT2D eigenvalue weighted by Gasteiger charge is -2.32. The van der Waals surface area contributed by atoms with Crippen molar-refractivity contribution in [2.75, 3.05) is 19.6 Å². The number of nitrogens with zero attached hydrogens (tertiary/aromatic N) is 1. The van der Waals surface area contributed by atoms with Gasteiger partial charge in [0.15, 0.2) is 0 Å². The Kier molecular flexibility index (Phi) is 4.80. The van der Waals surface area contributed by atoms with Gasteiger partial charge in [0.05, 0.1) is 5.92 Å². The van der Waals surface area contributed by atoms with Gasteiger partial charge in [-0.1, -0.05) is 23.7 Å². The molecule has 1 saturated heterocycles. The Hall–Kier alpha value is -1.10. The molecule has 0 radical (unpaired) electrons. The highest BCUT2D eigenvalue weighted by Gasteiger charge is 2.24. The second-order valence-corrected chi connectivity index (χ2v) is 5.58. The lowest BCUT2D eigenvalue weighted by molar-refractivity contribution is -0.119. The summed E-state index contributed by atoms with van der Waals surface area (Å²) in [6.45, 7) is 2.51. The van der Waals surface area contributed by atoms with Crippen LogP contribution in [0.15, 0.2) is 24.3 Å². The summed E-state index contributed by atoms with van der Waals surface area (Å²) in [7, 11) is 0. The number of halogens is 1. The number of carbonyl (C=O) groups excluding carboxylic acids is 1. The molecule has 1 heterocycles. The second-order valence-electron chi connectivity index (χ2n) is 5.14. The molecule has 1 aromatic rings. The fourth-order valence-electron chi connectivity index (χ4n) is 2.45. The van der Waals surface area contributed by atoms with E-state index in [-0.39, 0.29) is 11.8 Å². The van der Waals surface area contributed by atoms with Gasteiger partial charge in [-0.15, -0.1) is 0 Å². The number of piperidine rings is 1. The van der Waals surface area contributed by atoms with Gasteiger partial charge < -0.3 is 16.4 Å². The van der Waals surface area contributed by atoms with Crippen molar-refractivity contribution in [3.8, 4) is 0 Å². The van der Waals surface area contributed by atoms with Crippen LogP contribution in [0.2, 0.25) is 5.02 Å². The van der Waals surface area contributed by atoms with Crippen LogP contribution in [0.25, 0.3) is 0 Å². The number of amides is 1. The predicted octanol–water partition coefficient (Wildman–Crippen LogP) is 1.33. The normalized spacial score (nSPS) is 19.3. The highest BCUT2D eigenvalue weighted by Crippen LogP contribution is 2.21. The summed E-state index contributed by atoms with van der Waals surface area (Å²) < 4.78 is 0. The first-order valence-electron chi connectivity index (χ1n) is 6.59. The number of nitrogens with two attached hydrogens (primary N) is 2. The third kappa shape index (κ3) is 3.93. The highest BCUT2D eigenvalue weighted by molar-refractivity contribution is 6.30. The average molecular weight is 282 g/mol. The van der Waals surface area contributed by atoms with Crippen molar-refractivity contribution < 1.29 is 4.79 Å². The number of primary amides is 1. The van der Waals surface area contributed by atoms with Crippen molar-refractivity contribution in [3.05, 3.63) is 34.9 Å². The fraction of sp³-hybridized carbons (Fsp3) is 0.500. The summed E-state index contributed by atoms with van der Waals surface area (Å²) in [4.78, 5) is 13.9. The molecule has 1 aliphatic rings. The van der Waals surface area contributed by atoms with Crippen molar-refractivity contribution in [2.45, 2.75) is 24.8 Å². The largest absolute Gasteiger partial charge is 0.369 e. The zero-order valence-corrected chi connectivity index (χ0v) is 11.6. The summed E-state index contributed by atoms with van der Waals surface area (Å²) in [5.41, 5.74) is 12.3. The molecule has 0 spiro atoms. The first kappa shape index (κ1) is 14.3. The van der Waals surface area contributed by atoms with E-state index in [0.717, 1.165) is 31.5 Å². The standard InChI is InChI=1S/C14H20ClN3O/c15-11-3-1-10(2-4-11)13(14(17)19)9-18-7-5-12(16)6-8-18/h1-4,12-13H,5-9,16H2,(H2,17,19)/t13-/m1/s1. The van der Waals surface area contributed by atoms with E-state index in [1.54, 1.807) is 12.1 Å². The van der Waals surface area contributed by atoms with E-state index in [9.17, 15) is 4.79 Å². The van der Waals surface area contributed by atoms with Gasteiger partial charge in [0.25, 0.3) is 0 Å². The van der Waals surface area contributed by atoms with Crippen LogP contribution in [-0.2, 0) is 4.79 Å². The molecule has 104 valence electrons. The molecule has 19 heavy (non-hydrogen) atoms. The molecule has 1 amide bonds. The van der Waals surface area contributed by atoms with E-state index in [1.807, 2.05) is 12.1 Å². The SMILES string of the molecule is NC(=O)[C@H](CN1CCC(N)CC1)c1ccc(Cl)cc1. The van der Waals surface area contributed by atoms with Crippen molar-refractivity contribution in [1.29, 1.82) is 0 Å². The molecule has 1 aliphatic heterocycles. The molecule has 1 fully saturated rings. The molecule has 2 rings (SSSR count). The number of benzene rings is 1. The molecule has 0 bridgehead atoms. The Morgan fingerprint density at radius 1 is 1.32 bits per heavy atom. The van der Waals surface area contributed by atoms with Crippen LogP contribution in [0.4, 0.5) is 0 Å². The maximum atomic E-state index is 11.7. The number of hydrogen-bond donors (Lipinski definition) is 2. The van der Waals surface area contributed by atoms with Crippen LogP contribution in [0.5, 0.6) is 0 Å². The van der Waals surface area contributed by atoms with Crippen LogP contribution in [0, 0.1) is 0 Å². The molecule has 1 atom stereocenters. The summed E-state index contributed by atoms with van der Waals surface area (Å²) >= 11 is 5.86. The maximum absolute atomic E-state index is 11.7. The van der Waals surface area contributed by atoms with Gasteiger partial charge in [-0.05, 0) is 43.6 Å². The van der Waals surface area contributed by atoms with Crippen molar-refractivity contribution in [2.24, 2.45) is 11.5 Å². The second kappa shape index (κ2) is 6.37. The zero-order valence-electron chi connectivity index (χ0n) is 10.9. The van der Waals surface area contributed by atoms with E-state index < -0.39 is 0 Å². The average Bonchev–Trinajstić information content (AvgIpc) is 2.39. The minimum atomic E-state index is -0.294. The minimum Gasteiger partial charge on any atom is -0.369 e. The Labute approximate surface area is 118 Å². The fourth-order valence-corrected chi connectivity index (χ4v) is 2.57. The van der Waals surface area contributed by atoms with Gasteiger partial charge in [0, 0.05) is 17.6 Å². The van der Waals surface area contributed by atoms with Crippen LogP contribution in [0.3, 0.4) is 0 Å². The molecule has 0 unspecified atom stereocenters. The van der Waals surface area contributed by atoms with Gasteiger partial charge in [0.1, 0.15) is 0 Å². The molecular weight excluding hydrogens is 262 g/mol. The molecule has 4 nitrogen and oxygen atoms in total. The first-order chi connectivity index (χ1) is 9.06. The molecule has 0 aliphatic carbocycles. The molecular formula is C14H20ClN3O. The number of rotatable bonds is 4. The quantitative estimate of drug-likeness (QED) is 0.875. The predicted molar refractivity (Wildman–Crippen MR) is 77.0 cm³/mol. The van der Waals surface area contributed by atoms with Crippen LogP contribution in [0.1, 0.15) is 24.3 Å². The number of carbonyl (C=O) groups is 1. The van der Waals surface area contributed by atoms with E-state index >= 15 is 0 Å². The molecule has 0 aromatic heterocycles. The molecule has 4 N–H and O–H groups in total. The van der Waals surface area contributed by atoms with Crippen molar-refractivity contribution in [1.82, 2.24) is 4.90 Å². The zero-order chi connectivity index (χ0) is 13.8. The van der Waals surface area contributed by atoms with Crippen LogP contribution >= 0.6 is 11.6 Å². The Bertz CT molecular complexity index is 427. The van der Waals surface area contributed by atoms with Crippen LogP contribution in [-0.4, -0.2) is 36.5 Å². The van der Waals surface area contributed by atoms with Gasteiger partial charge in [0.2, 0.25) is 5.91 Å². The van der Waals surface area contributed by atoms with Crippen LogP contribution < -0.4 is 11.5 Å². The lowest BCUT2D eigenvalue weighted by Crippen LogP contribution is -2.43. The van der Waals surface area contributed by atoms with Gasteiger partial charge in [-0.2, -0.15) is 0 Å². The third-order valence-corrected chi connectivity index (χ3v) is 3.94. The number of likely N-dealkylation sites (tertiary alicyclic amines) is 1. The van der Waals surface area contributed by atoms with Gasteiger partial charge in [-0.3, -0.25) is 4.79 Å². The maximum Gasteiger partial charge on any atom is 0.226 e. The molecule has 1 aromatic carbocycles. The summed E-state index contributed by atoms with van der Waals surface area (Å²) in [6.07, 6.45) is 1.96. The highest BCUT2D eigenvalue weighted by atomic mass is 35.5.